The van der Waals surface area contributed by atoms with Gasteiger partial charge in [-0.15, -0.1) is 0 Å². The van der Waals surface area contributed by atoms with Crippen molar-refractivity contribution in [2.75, 3.05) is 7.05 Å². The molecule has 0 aliphatic rings. The van der Waals surface area contributed by atoms with E-state index < -0.39 is 0 Å². The Morgan fingerprint density at radius 1 is 1.35 bits per heavy atom. The maximum atomic E-state index is 13.0. The summed E-state index contributed by atoms with van der Waals surface area (Å²) in [5.74, 6) is -0.185. The van der Waals surface area contributed by atoms with Gasteiger partial charge in [0.15, 0.2) is 0 Å². The number of benzene rings is 1. The number of rotatable bonds is 4. The summed E-state index contributed by atoms with van der Waals surface area (Å²) in [4.78, 5) is 0. The summed E-state index contributed by atoms with van der Waals surface area (Å²) < 4.78 is 18.1. The predicted molar refractivity (Wildman–Crippen MR) is 65.3 cm³/mol. The molecule has 0 bridgehead atoms. The zero-order valence-corrected chi connectivity index (χ0v) is 10.0. The van der Waals surface area contributed by atoms with Crippen LogP contribution >= 0.6 is 0 Å². The zero-order chi connectivity index (χ0) is 12.3. The van der Waals surface area contributed by atoms with Crippen LogP contribution in [0.15, 0.2) is 41.2 Å². The summed E-state index contributed by atoms with van der Waals surface area (Å²) in [7, 11) is 1.91. The van der Waals surface area contributed by atoms with E-state index in [1.165, 1.54) is 6.07 Å². The minimum absolute atomic E-state index is 0.185. The number of hydrogen-bond donors (Lipinski definition) is 1. The number of aryl methyl sites for hydroxylation is 1. The molecule has 3 heteroatoms. The van der Waals surface area contributed by atoms with E-state index in [-0.39, 0.29) is 11.9 Å². The third kappa shape index (κ3) is 2.74. The lowest BCUT2D eigenvalue weighted by Gasteiger charge is -2.16. The first kappa shape index (κ1) is 11.9. The quantitative estimate of drug-likeness (QED) is 0.877. The van der Waals surface area contributed by atoms with E-state index in [4.69, 9.17) is 4.42 Å². The summed E-state index contributed by atoms with van der Waals surface area (Å²) in [5.41, 5.74) is 3.23. The Morgan fingerprint density at radius 2 is 2.18 bits per heavy atom. The molecule has 0 aliphatic heterocycles. The van der Waals surface area contributed by atoms with E-state index in [2.05, 4.69) is 5.32 Å². The molecule has 1 aromatic heterocycles. The van der Waals surface area contributed by atoms with Gasteiger partial charge in [0.1, 0.15) is 5.82 Å². The van der Waals surface area contributed by atoms with Crippen LogP contribution in [0.3, 0.4) is 0 Å². The standard InChI is InChI=1S/C14H16FNO/c1-10-7-13(15)4-3-11(10)8-14(16-2)12-5-6-17-9-12/h3-7,9,14,16H,8H2,1-2H3. The maximum Gasteiger partial charge on any atom is 0.123 e. The predicted octanol–water partition coefficient (Wildman–Crippen LogP) is 3.23. The fourth-order valence-electron chi connectivity index (χ4n) is 1.97. The molecule has 2 nitrogen and oxygen atoms in total. The van der Waals surface area contributed by atoms with Gasteiger partial charge in [0.25, 0.3) is 0 Å². The zero-order valence-electron chi connectivity index (χ0n) is 10.0. The second-order valence-electron chi connectivity index (χ2n) is 4.17. The van der Waals surface area contributed by atoms with Crippen LogP contribution in [-0.4, -0.2) is 7.05 Å². The first-order valence-electron chi connectivity index (χ1n) is 5.65. The third-order valence-corrected chi connectivity index (χ3v) is 3.02. The molecular formula is C14H16FNO. The highest BCUT2D eigenvalue weighted by atomic mass is 19.1. The highest BCUT2D eigenvalue weighted by molar-refractivity contribution is 5.29. The Labute approximate surface area is 100 Å². The molecular weight excluding hydrogens is 217 g/mol. The van der Waals surface area contributed by atoms with E-state index in [0.29, 0.717) is 0 Å². The average molecular weight is 233 g/mol. The van der Waals surface area contributed by atoms with Crippen molar-refractivity contribution in [2.24, 2.45) is 0 Å². The lowest BCUT2D eigenvalue weighted by molar-refractivity contribution is 0.541. The number of likely N-dealkylation sites (N-methyl/N-ethyl adjacent to an activating group) is 1. The van der Waals surface area contributed by atoms with Crippen molar-refractivity contribution < 1.29 is 8.81 Å². The molecule has 2 aromatic rings. The summed E-state index contributed by atoms with van der Waals surface area (Å²) in [5, 5.41) is 3.24. The largest absolute Gasteiger partial charge is 0.472 e. The molecule has 0 saturated heterocycles. The summed E-state index contributed by atoms with van der Waals surface area (Å²) in [6.45, 7) is 1.93. The molecule has 17 heavy (non-hydrogen) atoms. The van der Waals surface area contributed by atoms with Crippen LogP contribution in [0, 0.1) is 12.7 Å². The number of halogens is 1. The molecule has 1 atom stereocenters. The molecule has 1 N–H and O–H groups in total. The van der Waals surface area contributed by atoms with Crippen molar-refractivity contribution in [1.29, 1.82) is 0 Å². The highest BCUT2D eigenvalue weighted by Crippen LogP contribution is 2.21. The number of furan rings is 1. The fraction of sp³-hybridized carbons (Fsp3) is 0.286. The molecule has 0 amide bonds. The second-order valence-corrected chi connectivity index (χ2v) is 4.17. The van der Waals surface area contributed by atoms with Crippen molar-refractivity contribution in [3.05, 3.63) is 59.3 Å². The van der Waals surface area contributed by atoms with E-state index in [1.807, 2.05) is 26.1 Å². The minimum Gasteiger partial charge on any atom is -0.472 e. The van der Waals surface area contributed by atoms with Crippen molar-refractivity contribution in [1.82, 2.24) is 5.32 Å². The van der Waals surface area contributed by atoms with Crippen LogP contribution in [0.25, 0.3) is 0 Å². The first-order valence-corrected chi connectivity index (χ1v) is 5.65. The van der Waals surface area contributed by atoms with Crippen molar-refractivity contribution in [3.8, 4) is 0 Å². The van der Waals surface area contributed by atoms with E-state index in [0.717, 1.165) is 23.1 Å². The van der Waals surface area contributed by atoms with Crippen molar-refractivity contribution in [2.45, 2.75) is 19.4 Å². The van der Waals surface area contributed by atoms with E-state index >= 15 is 0 Å². The Morgan fingerprint density at radius 3 is 2.76 bits per heavy atom. The van der Waals surface area contributed by atoms with Gasteiger partial charge in [0, 0.05) is 11.6 Å². The van der Waals surface area contributed by atoms with Gasteiger partial charge in [-0.25, -0.2) is 4.39 Å². The second kappa shape index (κ2) is 5.15. The molecule has 1 aromatic carbocycles. The van der Waals surface area contributed by atoms with Gasteiger partial charge in [0.2, 0.25) is 0 Å². The average Bonchev–Trinajstić information content (AvgIpc) is 2.81. The maximum absolute atomic E-state index is 13.0. The number of nitrogens with one attached hydrogen (secondary N) is 1. The van der Waals surface area contributed by atoms with Gasteiger partial charge in [-0.3, -0.25) is 0 Å². The number of hydrogen-bond acceptors (Lipinski definition) is 2. The topological polar surface area (TPSA) is 25.2 Å². The van der Waals surface area contributed by atoms with Crippen molar-refractivity contribution in [3.63, 3.8) is 0 Å². The Bertz CT molecular complexity index is 479. The monoisotopic (exact) mass is 233 g/mol. The van der Waals surface area contributed by atoms with Crippen LogP contribution in [0.4, 0.5) is 4.39 Å². The lowest BCUT2D eigenvalue weighted by atomic mass is 9.98. The van der Waals surface area contributed by atoms with Crippen LogP contribution in [0.2, 0.25) is 0 Å². The smallest absolute Gasteiger partial charge is 0.123 e. The SMILES string of the molecule is CNC(Cc1ccc(F)cc1C)c1ccoc1. The normalized spacial score (nSPS) is 12.6. The molecule has 90 valence electrons. The van der Waals surface area contributed by atoms with E-state index in [1.54, 1.807) is 18.6 Å². The minimum atomic E-state index is -0.185. The molecule has 0 aliphatic carbocycles. The van der Waals surface area contributed by atoms with Gasteiger partial charge in [-0.1, -0.05) is 6.07 Å². The Balaban J connectivity index is 2.19. The van der Waals surface area contributed by atoms with Crippen molar-refractivity contribution >= 4 is 0 Å². The van der Waals surface area contributed by atoms with Gasteiger partial charge in [-0.05, 0) is 49.7 Å². The summed E-state index contributed by atoms with van der Waals surface area (Å²) >= 11 is 0. The Hall–Kier alpha value is -1.61. The molecule has 2 rings (SSSR count). The summed E-state index contributed by atoms with van der Waals surface area (Å²) in [6.07, 6.45) is 4.22. The molecule has 0 radical (unpaired) electrons. The highest BCUT2D eigenvalue weighted by Gasteiger charge is 2.12. The van der Waals surface area contributed by atoms with Crippen LogP contribution in [0.5, 0.6) is 0 Å². The molecule has 1 heterocycles. The van der Waals surface area contributed by atoms with E-state index in [9.17, 15) is 4.39 Å². The molecule has 0 saturated carbocycles. The molecule has 1 unspecified atom stereocenters. The van der Waals surface area contributed by atoms with Crippen LogP contribution in [-0.2, 0) is 6.42 Å². The Kier molecular flexibility index (Phi) is 3.59. The lowest BCUT2D eigenvalue weighted by Crippen LogP contribution is -2.18. The van der Waals surface area contributed by atoms with Gasteiger partial charge in [0.05, 0.1) is 12.5 Å². The van der Waals surface area contributed by atoms with Gasteiger partial charge < -0.3 is 9.73 Å². The molecule has 0 fully saturated rings. The molecule has 0 spiro atoms. The fourth-order valence-corrected chi connectivity index (χ4v) is 1.97. The van der Waals surface area contributed by atoms with Crippen LogP contribution in [0.1, 0.15) is 22.7 Å². The van der Waals surface area contributed by atoms with Gasteiger partial charge in [-0.2, -0.15) is 0 Å². The first-order chi connectivity index (χ1) is 8.20. The van der Waals surface area contributed by atoms with Gasteiger partial charge >= 0.3 is 0 Å². The third-order valence-electron chi connectivity index (χ3n) is 3.02. The summed E-state index contributed by atoms with van der Waals surface area (Å²) in [6, 6.07) is 7.05. The van der Waals surface area contributed by atoms with Crippen LogP contribution < -0.4 is 5.32 Å².